The molecule has 0 aromatic heterocycles. The molecule has 0 radical (unpaired) electrons. The Labute approximate surface area is 93.6 Å². The summed E-state index contributed by atoms with van der Waals surface area (Å²) in [7, 11) is -2.93. The fourth-order valence-corrected chi connectivity index (χ4v) is 4.05. The zero-order chi connectivity index (χ0) is 11.7. The number of rotatable bonds is 3. The van der Waals surface area contributed by atoms with Crippen molar-refractivity contribution in [1.82, 2.24) is 5.32 Å². The smallest absolute Gasteiger partial charge is 0.151 e. The van der Waals surface area contributed by atoms with Gasteiger partial charge in [-0.1, -0.05) is 20.8 Å². The molecule has 0 amide bonds. The SMILES string of the molecule is CCNC1CCC(C)(C)CC1S(C)(=O)=O. The molecule has 2 atom stereocenters. The van der Waals surface area contributed by atoms with Crippen LogP contribution < -0.4 is 5.32 Å². The van der Waals surface area contributed by atoms with Gasteiger partial charge in [-0.15, -0.1) is 0 Å². The molecule has 1 aliphatic rings. The van der Waals surface area contributed by atoms with Crippen LogP contribution >= 0.6 is 0 Å². The summed E-state index contributed by atoms with van der Waals surface area (Å²) in [6.07, 6.45) is 4.22. The summed E-state index contributed by atoms with van der Waals surface area (Å²) >= 11 is 0. The van der Waals surface area contributed by atoms with Gasteiger partial charge in [0.25, 0.3) is 0 Å². The van der Waals surface area contributed by atoms with Crippen LogP contribution in [0.15, 0.2) is 0 Å². The molecular formula is C11H23NO2S. The van der Waals surface area contributed by atoms with Crippen LogP contribution in [0.4, 0.5) is 0 Å². The van der Waals surface area contributed by atoms with Crippen molar-refractivity contribution in [1.29, 1.82) is 0 Å². The first kappa shape index (κ1) is 13.0. The van der Waals surface area contributed by atoms with E-state index in [-0.39, 0.29) is 16.7 Å². The fraction of sp³-hybridized carbons (Fsp3) is 1.00. The third-order valence-corrected chi connectivity index (χ3v) is 4.95. The molecule has 15 heavy (non-hydrogen) atoms. The van der Waals surface area contributed by atoms with E-state index in [4.69, 9.17) is 0 Å². The quantitative estimate of drug-likeness (QED) is 0.805. The molecule has 0 aromatic carbocycles. The van der Waals surface area contributed by atoms with Crippen molar-refractivity contribution in [2.24, 2.45) is 5.41 Å². The van der Waals surface area contributed by atoms with Gasteiger partial charge in [-0.25, -0.2) is 8.42 Å². The van der Waals surface area contributed by atoms with Gasteiger partial charge in [-0.05, 0) is 31.2 Å². The van der Waals surface area contributed by atoms with Crippen LogP contribution in [0.25, 0.3) is 0 Å². The van der Waals surface area contributed by atoms with Gasteiger partial charge in [0.2, 0.25) is 0 Å². The maximum atomic E-state index is 11.7. The van der Waals surface area contributed by atoms with E-state index in [1.807, 2.05) is 6.92 Å². The van der Waals surface area contributed by atoms with Crippen molar-refractivity contribution in [2.75, 3.05) is 12.8 Å². The largest absolute Gasteiger partial charge is 0.313 e. The molecule has 0 saturated heterocycles. The zero-order valence-electron chi connectivity index (χ0n) is 10.2. The van der Waals surface area contributed by atoms with Crippen molar-refractivity contribution < 1.29 is 8.42 Å². The maximum Gasteiger partial charge on any atom is 0.151 e. The lowest BCUT2D eigenvalue weighted by Crippen LogP contribution is -2.49. The Bertz CT molecular complexity index is 309. The van der Waals surface area contributed by atoms with E-state index in [0.717, 1.165) is 25.8 Å². The van der Waals surface area contributed by atoms with E-state index < -0.39 is 9.84 Å². The molecule has 1 rings (SSSR count). The molecule has 0 aliphatic heterocycles. The Morgan fingerprint density at radius 2 is 2.00 bits per heavy atom. The van der Waals surface area contributed by atoms with E-state index in [2.05, 4.69) is 19.2 Å². The second-order valence-corrected chi connectivity index (χ2v) is 7.70. The van der Waals surface area contributed by atoms with Gasteiger partial charge in [0.15, 0.2) is 9.84 Å². The minimum atomic E-state index is -2.93. The second kappa shape index (κ2) is 4.42. The Hall–Kier alpha value is -0.0900. The molecule has 1 aliphatic carbocycles. The van der Waals surface area contributed by atoms with Gasteiger partial charge in [0.05, 0.1) is 5.25 Å². The summed E-state index contributed by atoms with van der Waals surface area (Å²) in [5.41, 5.74) is 0.166. The summed E-state index contributed by atoms with van der Waals surface area (Å²) in [6.45, 7) is 7.19. The van der Waals surface area contributed by atoms with Crippen molar-refractivity contribution in [3.05, 3.63) is 0 Å². The lowest BCUT2D eigenvalue weighted by atomic mass is 9.75. The third kappa shape index (κ3) is 3.45. The highest BCUT2D eigenvalue weighted by Crippen LogP contribution is 2.37. The molecule has 3 nitrogen and oxygen atoms in total. The maximum absolute atomic E-state index is 11.7. The lowest BCUT2D eigenvalue weighted by Gasteiger charge is -2.40. The van der Waals surface area contributed by atoms with E-state index in [9.17, 15) is 8.42 Å². The number of sulfone groups is 1. The number of nitrogens with one attached hydrogen (secondary N) is 1. The average molecular weight is 233 g/mol. The molecule has 4 heteroatoms. The monoisotopic (exact) mass is 233 g/mol. The number of hydrogen-bond acceptors (Lipinski definition) is 3. The summed E-state index contributed by atoms with van der Waals surface area (Å²) in [4.78, 5) is 0. The van der Waals surface area contributed by atoms with Crippen LogP contribution in [0.2, 0.25) is 0 Å². The Morgan fingerprint density at radius 1 is 1.40 bits per heavy atom. The van der Waals surface area contributed by atoms with E-state index in [1.165, 1.54) is 6.26 Å². The highest BCUT2D eigenvalue weighted by Gasteiger charge is 2.39. The number of hydrogen-bond donors (Lipinski definition) is 1. The Kier molecular flexibility index (Phi) is 3.82. The fourth-order valence-electron chi connectivity index (χ4n) is 2.47. The van der Waals surface area contributed by atoms with E-state index in [1.54, 1.807) is 0 Å². The van der Waals surface area contributed by atoms with Crippen LogP contribution in [0, 0.1) is 5.41 Å². The molecule has 0 spiro atoms. The van der Waals surface area contributed by atoms with Crippen molar-refractivity contribution in [3.8, 4) is 0 Å². The topological polar surface area (TPSA) is 46.2 Å². The minimum Gasteiger partial charge on any atom is -0.313 e. The summed E-state index contributed by atoms with van der Waals surface area (Å²) in [5, 5.41) is 3.09. The van der Waals surface area contributed by atoms with Crippen molar-refractivity contribution in [3.63, 3.8) is 0 Å². The summed E-state index contributed by atoms with van der Waals surface area (Å²) in [5.74, 6) is 0. The Balaban J connectivity index is 2.83. The van der Waals surface area contributed by atoms with Crippen LogP contribution in [0.5, 0.6) is 0 Å². The third-order valence-electron chi connectivity index (χ3n) is 3.35. The van der Waals surface area contributed by atoms with Crippen molar-refractivity contribution in [2.45, 2.75) is 51.3 Å². The minimum absolute atomic E-state index is 0.151. The van der Waals surface area contributed by atoms with Gasteiger partial charge in [-0.3, -0.25) is 0 Å². The molecule has 90 valence electrons. The average Bonchev–Trinajstić information content (AvgIpc) is 2.06. The van der Waals surface area contributed by atoms with Gasteiger partial charge >= 0.3 is 0 Å². The standard InChI is InChI=1S/C11H23NO2S/c1-5-12-9-6-7-11(2,3)8-10(9)15(4,13)14/h9-10,12H,5-8H2,1-4H3. The normalized spacial score (nSPS) is 31.5. The van der Waals surface area contributed by atoms with Gasteiger partial charge in [0, 0.05) is 12.3 Å². The van der Waals surface area contributed by atoms with Gasteiger partial charge < -0.3 is 5.32 Å². The highest BCUT2D eigenvalue weighted by atomic mass is 32.2. The first-order valence-corrected chi connectivity index (χ1v) is 7.64. The predicted molar refractivity (Wildman–Crippen MR) is 63.7 cm³/mol. The molecule has 2 unspecified atom stereocenters. The van der Waals surface area contributed by atoms with Crippen molar-refractivity contribution >= 4 is 9.84 Å². The lowest BCUT2D eigenvalue weighted by molar-refractivity contribution is 0.210. The van der Waals surface area contributed by atoms with Crippen LogP contribution in [0.1, 0.15) is 40.0 Å². The molecule has 1 N–H and O–H groups in total. The van der Waals surface area contributed by atoms with Crippen LogP contribution in [-0.4, -0.2) is 32.5 Å². The van der Waals surface area contributed by atoms with E-state index in [0.29, 0.717) is 0 Å². The molecule has 0 heterocycles. The zero-order valence-corrected chi connectivity index (χ0v) is 11.0. The molecule has 0 aromatic rings. The summed E-state index contributed by atoms with van der Waals surface area (Å²) in [6, 6.07) is 0.151. The van der Waals surface area contributed by atoms with E-state index >= 15 is 0 Å². The van der Waals surface area contributed by atoms with Gasteiger partial charge in [0.1, 0.15) is 0 Å². The highest BCUT2D eigenvalue weighted by molar-refractivity contribution is 7.91. The van der Waals surface area contributed by atoms with Crippen LogP contribution in [-0.2, 0) is 9.84 Å². The second-order valence-electron chi connectivity index (χ2n) is 5.44. The Morgan fingerprint density at radius 3 is 2.47 bits per heavy atom. The van der Waals surface area contributed by atoms with Gasteiger partial charge in [-0.2, -0.15) is 0 Å². The predicted octanol–water partition coefficient (Wildman–Crippen LogP) is 1.59. The molecular weight excluding hydrogens is 210 g/mol. The molecule has 0 bridgehead atoms. The van der Waals surface area contributed by atoms with Crippen LogP contribution in [0.3, 0.4) is 0 Å². The first-order chi connectivity index (χ1) is 6.76. The molecule has 1 fully saturated rings. The summed E-state index contributed by atoms with van der Waals surface area (Å²) < 4.78 is 23.4. The molecule has 1 saturated carbocycles. The first-order valence-electron chi connectivity index (χ1n) is 5.68.